The van der Waals surface area contributed by atoms with Gasteiger partial charge in [0, 0.05) is 12.1 Å². The zero-order valence-corrected chi connectivity index (χ0v) is 13.2. The van der Waals surface area contributed by atoms with Gasteiger partial charge in [-0.05, 0) is 38.5 Å². The summed E-state index contributed by atoms with van der Waals surface area (Å²) in [7, 11) is 0. The molecule has 114 valence electrons. The van der Waals surface area contributed by atoms with E-state index in [1.54, 1.807) is 0 Å². The van der Waals surface area contributed by atoms with Crippen LogP contribution in [0.25, 0.3) is 0 Å². The Morgan fingerprint density at radius 1 is 0.842 bits per heavy atom. The van der Waals surface area contributed by atoms with E-state index in [0.29, 0.717) is 0 Å². The van der Waals surface area contributed by atoms with E-state index >= 15 is 0 Å². The van der Waals surface area contributed by atoms with Gasteiger partial charge < -0.3 is 10.8 Å². The van der Waals surface area contributed by atoms with Gasteiger partial charge in [0.15, 0.2) is 0 Å². The fourth-order valence-electron chi connectivity index (χ4n) is 3.72. The summed E-state index contributed by atoms with van der Waals surface area (Å²) in [5, 5.41) is 9.48. The highest BCUT2D eigenvalue weighted by atomic mass is 16.3. The van der Waals surface area contributed by atoms with Crippen molar-refractivity contribution in [1.82, 2.24) is 0 Å². The van der Waals surface area contributed by atoms with Crippen molar-refractivity contribution in [3.63, 3.8) is 0 Å². The van der Waals surface area contributed by atoms with Gasteiger partial charge in [0.25, 0.3) is 0 Å². The van der Waals surface area contributed by atoms with Gasteiger partial charge in [0.2, 0.25) is 0 Å². The highest BCUT2D eigenvalue weighted by Gasteiger charge is 2.40. The van der Waals surface area contributed by atoms with Gasteiger partial charge in [-0.3, -0.25) is 0 Å². The molecule has 0 aromatic heterocycles. The minimum Gasteiger partial charge on any atom is -0.396 e. The van der Waals surface area contributed by atoms with Crippen molar-refractivity contribution in [3.8, 4) is 0 Å². The second-order valence-electron chi connectivity index (χ2n) is 7.16. The Morgan fingerprint density at radius 3 is 1.53 bits per heavy atom. The molecule has 0 atom stereocenters. The molecule has 0 saturated heterocycles. The smallest absolute Gasteiger partial charge is 0.0437 e. The van der Waals surface area contributed by atoms with Crippen molar-refractivity contribution in [3.05, 3.63) is 0 Å². The van der Waals surface area contributed by atoms with Crippen LogP contribution in [0, 0.1) is 5.41 Å². The number of hydrogen-bond acceptors (Lipinski definition) is 2. The van der Waals surface area contributed by atoms with Crippen molar-refractivity contribution in [2.45, 2.75) is 96.4 Å². The van der Waals surface area contributed by atoms with E-state index in [1.165, 1.54) is 70.6 Å². The standard InChI is InChI=1S/C17H35NO/c1-16(2,18)17(14-15-19)12-10-8-6-4-3-5-7-9-11-13-17/h19H,3-15,18H2,1-2H3. The predicted octanol–water partition coefficient (Wildman–Crippen LogP) is 4.40. The molecule has 1 aliphatic carbocycles. The molecule has 19 heavy (non-hydrogen) atoms. The molecular formula is C17H35NO. The molecule has 1 saturated carbocycles. The molecule has 3 N–H and O–H groups in total. The quantitative estimate of drug-likeness (QED) is 0.798. The Labute approximate surface area is 120 Å². The highest BCUT2D eigenvalue weighted by molar-refractivity contribution is 4.96. The lowest BCUT2D eigenvalue weighted by atomic mass is 9.63. The molecule has 0 heterocycles. The van der Waals surface area contributed by atoms with Gasteiger partial charge >= 0.3 is 0 Å². The maximum Gasteiger partial charge on any atom is 0.0437 e. The average molecular weight is 269 g/mol. The third-order valence-corrected chi connectivity index (χ3v) is 5.27. The Balaban J connectivity index is 2.70. The van der Waals surface area contributed by atoms with Crippen molar-refractivity contribution in [2.24, 2.45) is 11.1 Å². The molecule has 0 amide bonds. The molecule has 1 aliphatic rings. The van der Waals surface area contributed by atoms with Crippen LogP contribution in [-0.2, 0) is 0 Å². The third kappa shape index (κ3) is 5.43. The molecule has 0 aromatic carbocycles. The largest absolute Gasteiger partial charge is 0.396 e. The molecule has 0 unspecified atom stereocenters. The summed E-state index contributed by atoms with van der Waals surface area (Å²) in [4.78, 5) is 0. The number of aliphatic hydroxyl groups excluding tert-OH is 1. The van der Waals surface area contributed by atoms with Crippen LogP contribution in [0.5, 0.6) is 0 Å². The summed E-state index contributed by atoms with van der Waals surface area (Å²) >= 11 is 0. The maximum absolute atomic E-state index is 9.48. The second kappa shape index (κ2) is 8.26. The second-order valence-corrected chi connectivity index (χ2v) is 7.16. The van der Waals surface area contributed by atoms with Gasteiger partial charge in [0.05, 0.1) is 0 Å². The van der Waals surface area contributed by atoms with Crippen molar-refractivity contribution in [2.75, 3.05) is 6.61 Å². The van der Waals surface area contributed by atoms with Crippen LogP contribution in [0.3, 0.4) is 0 Å². The summed E-state index contributed by atoms with van der Waals surface area (Å²) < 4.78 is 0. The highest BCUT2D eigenvalue weighted by Crippen LogP contribution is 2.43. The predicted molar refractivity (Wildman–Crippen MR) is 83.2 cm³/mol. The summed E-state index contributed by atoms with van der Waals surface area (Å²) in [5.74, 6) is 0. The molecule has 2 heteroatoms. The lowest BCUT2D eigenvalue weighted by Gasteiger charge is -2.45. The molecule has 0 radical (unpaired) electrons. The first-order valence-electron chi connectivity index (χ1n) is 8.42. The van der Waals surface area contributed by atoms with Crippen LogP contribution in [-0.4, -0.2) is 17.3 Å². The van der Waals surface area contributed by atoms with Crippen molar-refractivity contribution < 1.29 is 5.11 Å². The number of nitrogens with two attached hydrogens (primary N) is 1. The van der Waals surface area contributed by atoms with Crippen LogP contribution >= 0.6 is 0 Å². The van der Waals surface area contributed by atoms with E-state index in [0.717, 1.165) is 6.42 Å². The summed E-state index contributed by atoms with van der Waals surface area (Å²) in [5.41, 5.74) is 6.46. The van der Waals surface area contributed by atoms with E-state index in [-0.39, 0.29) is 17.6 Å². The van der Waals surface area contributed by atoms with E-state index < -0.39 is 0 Å². The lowest BCUT2D eigenvalue weighted by molar-refractivity contribution is 0.0717. The van der Waals surface area contributed by atoms with E-state index in [4.69, 9.17) is 5.73 Å². The molecule has 0 bridgehead atoms. The first kappa shape index (κ1) is 17.0. The summed E-state index contributed by atoms with van der Waals surface area (Å²) in [6, 6.07) is 0. The maximum atomic E-state index is 9.48. The van der Waals surface area contributed by atoms with Crippen LogP contribution in [0.15, 0.2) is 0 Å². The van der Waals surface area contributed by atoms with Gasteiger partial charge in [0.1, 0.15) is 0 Å². The Kier molecular flexibility index (Phi) is 7.38. The molecule has 1 fully saturated rings. The van der Waals surface area contributed by atoms with E-state index in [1.807, 2.05) is 0 Å². The number of rotatable bonds is 3. The average Bonchev–Trinajstić information content (AvgIpc) is 2.31. The minimum atomic E-state index is -0.181. The fourth-order valence-corrected chi connectivity index (χ4v) is 3.72. The summed E-state index contributed by atoms with van der Waals surface area (Å²) in [6.07, 6.45) is 15.5. The first-order valence-corrected chi connectivity index (χ1v) is 8.42. The lowest BCUT2D eigenvalue weighted by Crippen LogP contribution is -2.51. The number of aliphatic hydroxyl groups is 1. The van der Waals surface area contributed by atoms with Gasteiger partial charge in [-0.25, -0.2) is 0 Å². The van der Waals surface area contributed by atoms with Crippen LogP contribution < -0.4 is 5.73 Å². The molecule has 2 nitrogen and oxygen atoms in total. The molecule has 0 spiro atoms. The van der Waals surface area contributed by atoms with Crippen molar-refractivity contribution >= 4 is 0 Å². The van der Waals surface area contributed by atoms with Crippen LogP contribution in [0.2, 0.25) is 0 Å². The van der Waals surface area contributed by atoms with E-state index in [9.17, 15) is 5.11 Å². The molecule has 0 aromatic rings. The van der Waals surface area contributed by atoms with Crippen molar-refractivity contribution in [1.29, 1.82) is 0 Å². The zero-order chi connectivity index (χ0) is 14.2. The van der Waals surface area contributed by atoms with Crippen LogP contribution in [0.4, 0.5) is 0 Å². The Bertz CT molecular complexity index is 220. The zero-order valence-electron chi connectivity index (χ0n) is 13.2. The SMILES string of the molecule is CC(C)(N)C1(CCO)CCCCCCCCCCC1. The first-order chi connectivity index (χ1) is 9.02. The molecule has 0 aliphatic heterocycles. The van der Waals surface area contributed by atoms with Gasteiger partial charge in [-0.2, -0.15) is 0 Å². The Hall–Kier alpha value is -0.0800. The Morgan fingerprint density at radius 2 is 1.21 bits per heavy atom. The van der Waals surface area contributed by atoms with E-state index in [2.05, 4.69) is 13.8 Å². The third-order valence-electron chi connectivity index (χ3n) is 5.27. The minimum absolute atomic E-state index is 0.140. The molecule has 1 rings (SSSR count). The van der Waals surface area contributed by atoms with Crippen LogP contribution in [0.1, 0.15) is 90.9 Å². The normalized spacial score (nSPS) is 23.4. The summed E-state index contributed by atoms with van der Waals surface area (Å²) in [6.45, 7) is 4.60. The monoisotopic (exact) mass is 269 g/mol. The topological polar surface area (TPSA) is 46.2 Å². The number of hydrogen-bond donors (Lipinski definition) is 2. The fraction of sp³-hybridized carbons (Fsp3) is 1.00. The van der Waals surface area contributed by atoms with Gasteiger partial charge in [-0.15, -0.1) is 0 Å². The van der Waals surface area contributed by atoms with Gasteiger partial charge in [-0.1, -0.05) is 57.8 Å². The molecular weight excluding hydrogens is 234 g/mol.